The predicted molar refractivity (Wildman–Crippen MR) is 105 cm³/mol. The smallest absolute Gasteiger partial charge is 0.320 e. The minimum Gasteiger partial charge on any atom is -0.348 e. The van der Waals surface area contributed by atoms with Gasteiger partial charge in [0.05, 0.1) is 6.04 Å². The molecule has 0 saturated heterocycles. The van der Waals surface area contributed by atoms with Crippen molar-refractivity contribution in [3.8, 4) is 0 Å². The molecule has 0 saturated carbocycles. The summed E-state index contributed by atoms with van der Waals surface area (Å²) in [4.78, 5) is 30.6. The summed E-state index contributed by atoms with van der Waals surface area (Å²) in [5, 5.41) is 0. The van der Waals surface area contributed by atoms with Crippen LogP contribution in [0.25, 0.3) is 0 Å². The van der Waals surface area contributed by atoms with Crippen molar-refractivity contribution in [2.75, 3.05) is 27.2 Å². The van der Waals surface area contributed by atoms with Gasteiger partial charge in [0.1, 0.15) is 12.4 Å². The highest BCUT2D eigenvalue weighted by molar-refractivity contribution is 5.84. The van der Waals surface area contributed by atoms with E-state index in [0.29, 0.717) is 13.1 Å². The number of nitrogens with zero attached hydrogens (tertiary/aromatic N) is 4. The summed E-state index contributed by atoms with van der Waals surface area (Å²) in [6.45, 7) is 5.02. The molecule has 3 rings (SSSR count). The van der Waals surface area contributed by atoms with Crippen LogP contribution in [0.1, 0.15) is 31.1 Å². The highest BCUT2D eigenvalue weighted by Crippen LogP contribution is 2.32. The molecule has 6 nitrogen and oxygen atoms in total. The lowest BCUT2D eigenvalue weighted by molar-refractivity contribution is -0.135. The molecular formula is C21H27FN4O2. The van der Waals surface area contributed by atoms with Crippen LogP contribution in [0.2, 0.25) is 0 Å². The number of benzene rings is 1. The van der Waals surface area contributed by atoms with Crippen LogP contribution in [-0.4, -0.2) is 64.4 Å². The van der Waals surface area contributed by atoms with Crippen LogP contribution in [0, 0.1) is 5.82 Å². The normalized spacial score (nSPS) is 16.1. The van der Waals surface area contributed by atoms with E-state index < -0.39 is 0 Å². The van der Waals surface area contributed by atoms with Crippen molar-refractivity contribution < 1.29 is 14.0 Å². The lowest BCUT2D eigenvalue weighted by Crippen LogP contribution is -2.51. The Hall–Kier alpha value is -2.83. The fraction of sp³-hybridized carbons (Fsp3) is 0.429. The van der Waals surface area contributed by atoms with Gasteiger partial charge in [-0.15, -0.1) is 0 Å². The molecule has 1 aromatic heterocycles. The van der Waals surface area contributed by atoms with Crippen molar-refractivity contribution in [1.29, 1.82) is 0 Å². The van der Waals surface area contributed by atoms with Gasteiger partial charge in [-0.2, -0.15) is 0 Å². The van der Waals surface area contributed by atoms with Gasteiger partial charge in [0.25, 0.3) is 0 Å². The molecule has 3 amide bonds. The molecule has 150 valence electrons. The van der Waals surface area contributed by atoms with E-state index in [1.165, 1.54) is 17.0 Å². The van der Waals surface area contributed by atoms with Crippen molar-refractivity contribution in [3.05, 3.63) is 59.7 Å². The first-order valence-electron chi connectivity index (χ1n) is 9.47. The van der Waals surface area contributed by atoms with Crippen molar-refractivity contribution >= 4 is 11.9 Å². The Morgan fingerprint density at radius 3 is 2.43 bits per heavy atom. The average Bonchev–Trinajstić information content (AvgIpc) is 3.13. The molecular weight excluding hydrogens is 359 g/mol. The molecule has 0 spiro atoms. The van der Waals surface area contributed by atoms with E-state index in [2.05, 4.69) is 4.57 Å². The second kappa shape index (κ2) is 8.04. The van der Waals surface area contributed by atoms with Gasteiger partial charge in [0.15, 0.2) is 0 Å². The van der Waals surface area contributed by atoms with Crippen LogP contribution in [-0.2, 0) is 11.3 Å². The third kappa shape index (κ3) is 3.88. The molecule has 7 heteroatoms. The number of amides is 3. The Morgan fingerprint density at radius 1 is 1.14 bits per heavy atom. The van der Waals surface area contributed by atoms with Gasteiger partial charge < -0.3 is 19.3 Å². The standard InChI is InChI=1S/C21H27FN4O2/c1-15(2)26(21(28)23(3)4)14-19(27)25-13-12-24-11-5-6-18(24)20(25)16-7-9-17(22)10-8-16/h5-11,15,20H,12-14H2,1-4H3. The third-order valence-corrected chi connectivity index (χ3v) is 5.10. The summed E-state index contributed by atoms with van der Waals surface area (Å²) in [5.74, 6) is -0.430. The van der Waals surface area contributed by atoms with E-state index >= 15 is 0 Å². The molecule has 0 bridgehead atoms. The van der Waals surface area contributed by atoms with Crippen LogP contribution in [0.4, 0.5) is 9.18 Å². The van der Waals surface area contributed by atoms with Crippen LogP contribution in [0.3, 0.4) is 0 Å². The Kier molecular flexibility index (Phi) is 5.72. The largest absolute Gasteiger partial charge is 0.348 e. The minimum absolute atomic E-state index is 0.00703. The van der Waals surface area contributed by atoms with Gasteiger partial charge in [-0.3, -0.25) is 4.79 Å². The summed E-state index contributed by atoms with van der Waals surface area (Å²) < 4.78 is 15.6. The molecule has 1 aliphatic rings. The molecule has 2 aromatic rings. The van der Waals surface area contributed by atoms with Crippen molar-refractivity contribution in [3.63, 3.8) is 0 Å². The topological polar surface area (TPSA) is 48.8 Å². The molecule has 1 unspecified atom stereocenters. The SMILES string of the molecule is CC(C)N(CC(=O)N1CCn2cccc2C1c1ccc(F)cc1)C(=O)N(C)C. The number of halogens is 1. The van der Waals surface area contributed by atoms with E-state index in [4.69, 9.17) is 0 Å². The monoisotopic (exact) mass is 386 g/mol. The van der Waals surface area contributed by atoms with Crippen molar-refractivity contribution in [1.82, 2.24) is 19.3 Å². The zero-order valence-electron chi connectivity index (χ0n) is 16.8. The molecule has 1 atom stereocenters. The number of carbonyl (C=O) groups is 2. The number of urea groups is 1. The number of hydrogen-bond acceptors (Lipinski definition) is 2. The Labute approximate surface area is 165 Å². The molecule has 28 heavy (non-hydrogen) atoms. The van der Waals surface area contributed by atoms with Gasteiger partial charge in [0.2, 0.25) is 5.91 Å². The average molecular weight is 386 g/mol. The van der Waals surface area contributed by atoms with E-state index in [9.17, 15) is 14.0 Å². The van der Waals surface area contributed by atoms with Crippen molar-refractivity contribution in [2.45, 2.75) is 32.5 Å². The van der Waals surface area contributed by atoms with E-state index in [-0.39, 0.29) is 36.4 Å². The van der Waals surface area contributed by atoms with Gasteiger partial charge in [0, 0.05) is 45.1 Å². The van der Waals surface area contributed by atoms with Crippen LogP contribution < -0.4 is 0 Å². The molecule has 0 N–H and O–H groups in total. The lowest BCUT2D eigenvalue weighted by atomic mass is 9.99. The molecule has 0 aliphatic carbocycles. The van der Waals surface area contributed by atoms with Crippen molar-refractivity contribution in [2.24, 2.45) is 0 Å². The summed E-state index contributed by atoms with van der Waals surface area (Å²) in [5.41, 5.74) is 1.84. The second-order valence-electron chi connectivity index (χ2n) is 7.57. The number of carbonyl (C=O) groups excluding carboxylic acids is 2. The number of hydrogen-bond donors (Lipinski definition) is 0. The molecule has 1 aromatic carbocycles. The third-order valence-electron chi connectivity index (χ3n) is 5.10. The maximum atomic E-state index is 13.4. The van der Waals surface area contributed by atoms with E-state index in [1.807, 2.05) is 32.2 Å². The fourth-order valence-electron chi connectivity index (χ4n) is 3.61. The van der Waals surface area contributed by atoms with E-state index in [1.54, 1.807) is 36.0 Å². The summed E-state index contributed by atoms with van der Waals surface area (Å²) in [6.07, 6.45) is 1.99. The van der Waals surface area contributed by atoms with Gasteiger partial charge in [-0.25, -0.2) is 9.18 Å². The van der Waals surface area contributed by atoms with Crippen LogP contribution in [0.5, 0.6) is 0 Å². The maximum Gasteiger partial charge on any atom is 0.320 e. The Balaban J connectivity index is 1.91. The Bertz CT molecular complexity index is 844. The minimum atomic E-state index is -0.310. The lowest BCUT2D eigenvalue weighted by Gasteiger charge is -2.39. The van der Waals surface area contributed by atoms with Gasteiger partial charge >= 0.3 is 6.03 Å². The molecule has 1 aliphatic heterocycles. The Morgan fingerprint density at radius 2 is 1.82 bits per heavy atom. The van der Waals surface area contributed by atoms with Gasteiger partial charge in [-0.05, 0) is 43.7 Å². The first-order valence-corrected chi connectivity index (χ1v) is 9.47. The van der Waals surface area contributed by atoms with Gasteiger partial charge in [-0.1, -0.05) is 12.1 Å². The first kappa shape index (κ1) is 19.9. The van der Waals surface area contributed by atoms with Crippen LogP contribution >= 0.6 is 0 Å². The molecule has 2 heterocycles. The highest BCUT2D eigenvalue weighted by Gasteiger charge is 2.34. The highest BCUT2D eigenvalue weighted by atomic mass is 19.1. The summed E-state index contributed by atoms with van der Waals surface area (Å²) in [6, 6.07) is 9.60. The zero-order chi connectivity index (χ0) is 20.4. The summed E-state index contributed by atoms with van der Waals surface area (Å²) >= 11 is 0. The fourth-order valence-corrected chi connectivity index (χ4v) is 3.61. The number of aromatic nitrogens is 1. The van der Waals surface area contributed by atoms with Crippen LogP contribution in [0.15, 0.2) is 42.6 Å². The predicted octanol–water partition coefficient (Wildman–Crippen LogP) is 2.95. The number of rotatable bonds is 4. The first-order chi connectivity index (χ1) is 13.3. The second-order valence-corrected chi connectivity index (χ2v) is 7.57. The number of fused-ring (bicyclic) bond motifs is 1. The van der Waals surface area contributed by atoms with E-state index in [0.717, 1.165) is 11.3 Å². The zero-order valence-corrected chi connectivity index (χ0v) is 16.8. The summed E-state index contributed by atoms with van der Waals surface area (Å²) in [7, 11) is 3.36. The quantitative estimate of drug-likeness (QED) is 0.811. The molecule has 0 radical (unpaired) electrons. The molecule has 0 fully saturated rings. The maximum absolute atomic E-state index is 13.4.